The van der Waals surface area contributed by atoms with Crippen molar-refractivity contribution in [3.05, 3.63) is 52.1 Å². The minimum Gasteiger partial charge on any atom is -0.378 e. The molecule has 294 valence electrons. The Hall–Kier alpha value is -2.50. The Morgan fingerprint density at radius 3 is 2.53 bits per heavy atom. The third-order valence-electron chi connectivity index (χ3n) is 6.70. The maximum atomic E-state index is 12.1. The van der Waals surface area contributed by atoms with Gasteiger partial charge in [-0.05, 0) is 11.1 Å². The van der Waals surface area contributed by atoms with Gasteiger partial charge in [0.1, 0.15) is 25.0 Å². The monoisotopic (exact) mass is 840 g/mol. The lowest BCUT2D eigenvalue weighted by molar-refractivity contribution is -0.237. The third kappa shape index (κ3) is 14.3. The van der Waals surface area contributed by atoms with E-state index in [4.69, 9.17) is 37.8 Å². The predicted molar refractivity (Wildman–Crippen MR) is 175 cm³/mol. The predicted octanol–water partition coefficient (Wildman–Crippen LogP) is 1.66. The number of rotatable bonds is 22. The molecular weight excluding hydrogens is 807 g/mol. The molecule has 53 heavy (non-hydrogen) atoms. The quantitative estimate of drug-likeness (QED) is 0.0309. The van der Waals surface area contributed by atoms with E-state index >= 15 is 0 Å². The average molecular weight is 840 g/mol. The Balaban J connectivity index is 1.09. The summed E-state index contributed by atoms with van der Waals surface area (Å²) < 4.78 is 84.5. The van der Waals surface area contributed by atoms with Gasteiger partial charge >= 0.3 is 46.1 Å². The van der Waals surface area contributed by atoms with E-state index in [0.717, 1.165) is 5.56 Å². The van der Waals surface area contributed by atoms with Gasteiger partial charge in [0.15, 0.2) is 11.2 Å². The number of hydrogen-bond donors (Lipinski definition) is 8. The highest BCUT2D eigenvalue weighted by atomic mass is 31.3. The highest BCUT2D eigenvalue weighted by Crippen LogP contribution is 2.57. The van der Waals surface area contributed by atoms with E-state index in [1.807, 2.05) is 0 Å². The summed E-state index contributed by atoms with van der Waals surface area (Å²) in [6, 6.07) is 6.93. The number of aromatic amines is 1. The lowest BCUT2D eigenvalue weighted by Gasteiger charge is -2.17. The summed E-state index contributed by atoms with van der Waals surface area (Å²) in [4.78, 5) is 77.3. The maximum absolute atomic E-state index is 12.1. The molecule has 7 atom stereocenters. The molecule has 4 unspecified atom stereocenters. The first-order chi connectivity index (χ1) is 25.2. The summed E-state index contributed by atoms with van der Waals surface area (Å²) >= 11 is 0. The zero-order chi connectivity index (χ0) is 38.5. The molecule has 1 fully saturated rings. The molecule has 0 spiro atoms. The Morgan fingerprint density at radius 1 is 1.11 bits per heavy atom. The molecule has 3 heterocycles. The van der Waals surface area contributed by atoms with Crippen molar-refractivity contribution in [3.8, 4) is 0 Å². The number of hydrogen-bond acceptors (Lipinski definition) is 18. The molecule has 22 nitrogen and oxygen atoms in total. The van der Waals surface area contributed by atoms with Gasteiger partial charge in [-0.3, -0.25) is 19.1 Å². The number of carbonyl (C=O) groups excluding carboxylic acids is 1. The molecule has 9 N–H and O–H groups in total. The van der Waals surface area contributed by atoms with Crippen molar-refractivity contribution in [3.63, 3.8) is 0 Å². The number of ether oxygens (including phenoxy) is 2. The molecule has 1 saturated heterocycles. The fraction of sp³-hybridized carbons (Fsp3) is 0.500. The number of nitrogen functional groups attached to an aromatic ring is 1. The molecule has 1 aliphatic rings. The van der Waals surface area contributed by atoms with Crippen LogP contribution in [0.2, 0.25) is 0 Å². The molecule has 29 heteroatoms. The first-order valence-electron chi connectivity index (χ1n) is 14.9. The highest BCUT2D eigenvalue weighted by Gasteiger charge is 2.43. The molecular formula is C24H33F3N7O15P4+. The molecule has 1 amide bonds. The standard InChI is InChI=1S/C24H32F3N7O15P4/c25-24(26,27)22(36)30-6-8-42-7-5-29-10-14-1-3-15(4-2-14)11-44-51(39)48-53(41)49-52(40)47-43-12-17-16(46-50(37)38)9-18(45-17)34-13-31-19-20(34)32-23(28)33-21(19)35/h1-4,13,16-18,29,39-41H,5-12H2,(H4-,28,30,32,33,35,36,37,38)/p+1/t16-,17+,18+,51?,52?,53?/m0/s1. The van der Waals surface area contributed by atoms with Gasteiger partial charge in [-0.2, -0.15) is 22.8 Å². The second-order valence-corrected chi connectivity index (χ2v) is 14.2. The molecule has 1 aromatic carbocycles. The zero-order valence-corrected chi connectivity index (χ0v) is 30.5. The first-order valence-corrected chi connectivity index (χ1v) is 19.4. The van der Waals surface area contributed by atoms with Gasteiger partial charge in [0.25, 0.3) is 5.56 Å². The summed E-state index contributed by atoms with van der Waals surface area (Å²) in [6.07, 6.45) is -6.65. The van der Waals surface area contributed by atoms with E-state index in [2.05, 4.69) is 24.9 Å². The van der Waals surface area contributed by atoms with E-state index < -0.39 is 76.7 Å². The minimum atomic E-state index is -4.94. The van der Waals surface area contributed by atoms with Gasteiger partial charge in [-0.15, -0.1) is 9.42 Å². The van der Waals surface area contributed by atoms with Gasteiger partial charge in [0, 0.05) is 30.6 Å². The van der Waals surface area contributed by atoms with E-state index in [9.17, 15) is 46.9 Å². The van der Waals surface area contributed by atoms with Gasteiger partial charge in [0.05, 0.1) is 26.1 Å². The lowest BCUT2D eigenvalue weighted by Crippen LogP contribution is -2.38. The number of aromatic nitrogens is 4. The number of amides is 1. The van der Waals surface area contributed by atoms with E-state index in [1.165, 1.54) is 10.9 Å². The molecule has 0 saturated carbocycles. The molecule has 0 radical (unpaired) electrons. The number of anilines is 1. The Labute approximate surface area is 300 Å². The normalized spacial score (nSPS) is 19.7. The minimum absolute atomic E-state index is 0.0132. The lowest BCUT2D eigenvalue weighted by atomic mass is 10.1. The van der Waals surface area contributed by atoms with Crippen molar-refractivity contribution in [2.45, 2.75) is 44.2 Å². The van der Waals surface area contributed by atoms with Gasteiger partial charge in [-0.25, -0.2) is 18.5 Å². The number of nitrogens with one attached hydrogen (secondary N) is 3. The molecule has 0 bridgehead atoms. The van der Waals surface area contributed by atoms with E-state index in [-0.39, 0.29) is 49.9 Å². The highest BCUT2D eigenvalue weighted by molar-refractivity contribution is 7.60. The molecule has 1 aliphatic heterocycles. The summed E-state index contributed by atoms with van der Waals surface area (Å²) in [6.45, 7) is 0.0993. The van der Waals surface area contributed by atoms with Crippen LogP contribution in [0.4, 0.5) is 19.1 Å². The van der Waals surface area contributed by atoms with Crippen molar-refractivity contribution in [1.29, 1.82) is 0 Å². The van der Waals surface area contributed by atoms with Gasteiger partial charge in [0.2, 0.25) is 5.95 Å². The van der Waals surface area contributed by atoms with Crippen molar-refractivity contribution in [2.24, 2.45) is 0 Å². The van der Waals surface area contributed by atoms with Crippen molar-refractivity contribution in [2.75, 3.05) is 38.6 Å². The smallest absolute Gasteiger partial charge is 0.378 e. The number of nitrogens with zero attached hydrogens (tertiary/aromatic N) is 3. The second-order valence-electron chi connectivity index (χ2n) is 10.4. The maximum Gasteiger partial charge on any atom is 0.695 e. The average Bonchev–Trinajstić information content (AvgIpc) is 3.68. The number of fused-ring (bicyclic) bond motifs is 1. The van der Waals surface area contributed by atoms with Crippen LogP contribution < -0.4 is 21.9 Å². The number of alkyl halides is 3. The fourth-order valence-corrected chi connectivity index (χ4v) is 6.92. The first kappa shape index (κ1) is 43.2. The van der Waals surface area contributed by atoms with Crippen LogP contribution >= 0.6 is 34.1 Å². The van der Waals surface area contributed by atoms with Crippen molar-refractivity contribution >= 4 is 57.1 Å². The van der Waals surface area contributed by atoms with Crippen LogP contribution in [0, 0.1) is 0 Å². The summed E-state index contributed by atoms with van der Waals surface area (Å²) in [5, 5.41) is 4.77. The summed E-state index contributed by atoms with van der Waals surface area (Å²) in [5.74, 6) is -2.20. The Kier molecular flexibility index (Phi) is 17.1. The topological polar surface area (TPSA) is 303 Å². The summed E-state index contributed by atoms with van der Waals surface area (Å²) in [7, 11) is -11.6. The van der Waals surface area contributed by atoms with E-state index in [1.54, 1.807) is 29.6 Å². The number of imidazole rings is 1. The van der Waals surface area contributed by atoms with Crippen molar-refractivity contribution < 1.29 is 78.8 Å². The number of H-pyrrole nitrogens is 1. The number of carbonyl (C=O) groups is 1. The number of halogens is 3. The fourth-order valence-electron chi connectivity index (χ4n) is 4.42. The SMILES string of the molecule is Nc1nc2c(ncn2[C@H]2C[C@H](O[P+](=O)O)[C@@H](COOP(O)OP(O)OP(O)OCc3ccc(CNCCOCCNC(=O)C(F)(F)F)cc3)O2)c(=O)[nH]1. The van der Waals surface area contributed by atoms with Crippen LogP contribution in [0.25, 0.3) is 11.2 Å². The van der Waals surface area contributed by atoms with E-state index in [0.29, 0.717) is 18.7 Å². The number of nitrogens with two attached hydrogens (primary N) is 1. The van der Waals surface area contributed by atoms with Gasteiger partial charge < -0.3 is 45.0 Å². The van der Waals surface area contributed by atoms with Crippen LogP contribution in [0.15, 0.2) is 35.4 Å². The zero-order valence-electron chi connectivity index (χ0n) is 26.9. The Morgan fingerprint density at radius 2 is 1.81 bits per heavy atom. The van der Waals surface area contributed by atoms with Crippen LogP contribution in [0.5, 0.6) is 0 Å². The van der Waals surface area contributed by atoms with Crippen molar-refractivity contribution in [1.82, 2.24) is 30.2 Å². The van der Waals surface area contributed by atoms with Gasteiger partial charge in [-0.1, -0.05) is 24.3 Å². The Bertz CT molecular complexity index is 1700. The van der Waals surface area contributed by atoms with Crippen LogP contribution in [0.3, 0.4) is 0 Å². The number of benzene rings is 1. The molecule has 0 aliphatic carbocycles. The third-order valence-corrected chi connectivity index (χ3v) is 9.97. The van der Waals surface area contributed by atoms with Crippen LogP contribution in [-0.2, 0) is 59.2 Å². The second kappa shape index (κ2) is 21.0. The largest absolute Gasteiger partial charge is 0.695 e. The molecule has 3 aromatic rings. The van der Waals surface area contributed by atoms with Crippen LogP contribution in [-0.4, -0.2) is 96.3 Å². The van der Waals surface area contributed by atoms with Crippen LogP contribution in [0.1, 0.15) is 23.8 Å². The summed E-state index contributed by atoms with van der Waals surface area (Å²) in [5.41, 5.74) is 6.60. The molecule has 2 aromatic heterocycles. The molecule has 4 rings (SSSR count).